The lowest BCUT2D eigenvalue weighted by Crippen LogP contribution is -1.99. The molecule has 1 aromatic rings. The van der Waals surface area contributed by atoms with E-state index >= 15 is 0 Å². The largest absolute Gasteiger partial charge is 0.224 e. The molecule has 0 aromatic heterocycles. The van der Waals surface area contributed by atoms with Crippen LogP contribution in [0.5, 0.6) is 0 Å². The van der Waals surface area contributed by atoms with E-state index in [1.165, 1.54) is 6.26 Å². The average Bonchev–Trinajstić information content (AvgIpc) is 1.82. The second kappa shape index (κ2) is 3.47. The van der Waals surface area contributed by atoms with Crippen LogP contribution in [0.25, 0.3) is 0 Å². The molecular weight excluding hydrogens is 308 g/mol. The third kappa shape index (κ3) is 2.08. The van der Waals surface area contributed by atoms with Gasteiger partial charge < -0.3 is 0 Å². The number of benzene rings is 1. The fraction of sp³-hybridized carbons (Fsp3) is 0.143. The van der Waals surface area contributed by atoms with Gasteiger partial charge in [0.15, 0.2) is 9.84 Å². The normalized spacial score (nSPS) is 11.6. The number of sulfone groups is 1. The van der Waals surface area contributed by atoms with Gasteiger partial charge in [0.05, 0.1) is 4.90 Å². The van der Waals surface area contributed by atoms with Crippen LogP contribution in [-0.4, -0.2) is 14.7 Å². The highest BCUT2D eigenvalue weighted by molar-refractivity contribution is 9.11. The minimum absolute atomic E-state index is 0.296. The van der Waals surface area contributed by atoms with E-state index in [1.807, 2.05) is 0 Å². The predicted molar refractivity (Wildman–Crippen MR) is 55.0 cm³/mol. The Morgan fingerprint density at radius 1 is 1.17 bits per heavy atom. The molecule has 1 rings (SSSR count). The molecule has 0 aliphatic carbocycles. The summed E-state index contributed by atoms with van der Waals surface area (Å²) >= 11 is 6.35. The van der Waals surface area contributed by atoms with E-state index in [2.05, 4.69) is 31.9 Å². The van der Waals surface area contributed by atoms with Crippen LogP contribution in [-0.2, 0) is 9.84 Å². The van der Waals surface area contributed by atoms with Crippen molar-refractivity contribution in [2.45, 2.75) is 4.90 Å². The van der Waals surface area contributed by atoms with E-state index in [9.17, 15) is 8.42 Å². The fourth-order valence-corrected chi connectivity index (χ4v) is 4.44. The summed E-state index contributed by atoms with van der Waals surface area (Å²) in [5.41, 5.74) is 0. The summed E-state index contributed by atoms with van der Waals surface area (Å²) < 4.78 is 23.6. The van der Waals surface area contributed by atoms with Crippen LogP contribution >= 0.6 is 31.9 Å². The molecule has 0 atom stereocenters. The van der Waals surface area contributed by atoms with Crippen molar-refractivity contribution in [1.29, 1.82) is 0 Å². The van der Waals surface area contributed by atoms with Gasteiger partial charge in [0.1, 0.15) is 0 Å². The Morgan fingerprint density at radius 3 is 1.83 bits per heavy atom. The lowest BCUT2D eigenvalue weighted by atomic mass is 10.4. The molecule has 0 saturated carbocycles. The van der Waals surface area contributed by atoms with Gasteiger partial charge in [-0.3, -0.25) is 0 Å². The van der Waals surface area contributed by atoms with Gasteiger partial charge in [-0.15, -0.1) is 0 Å². The van der Waals surface area contributed by atoms with Gasteiger partial charge in [-0.2, -0.15) is 0 Å². The molecule has 1 aromatic carbocycles. The van der Waals surface area contributed by atoms with Gasteiger partial charge in [0.25, 0.3) is 0 Å². The molecule has 0 spiro atoms. The van der Waals surface area contributed by atoms with Crippen LogP contribution in [0, 0.1) is 0 Å². The zero-order valence-corrected chi connectivity index (χ0v) is 10.2. The highest BCUT2D eigenvalue weighted by Crippen LogP contribution is 2.29. The summed E-state index contributed by atoms with van der Waals surface area (Å²) in [5, 5.41) is 0. The molecule has 0 amide bonds. The van der Waals surface area contributed by atoms with Crippen molar-refractivity contribution in [3.63, 3.8) is 0 Å². The van der Waals surface area contributed by atoms with E-state index < -0.39 is 9.84 Å². The summed E-state index contributed by atoms with van der Waals surface area (Å²) in [4.78, 5) is 0.296. The molecule has 0 fully saturated rings. The van der Waals surface area contributed by atoms with E-state index in [0.717, 1.165) is 0 Å². The van der Waals surface area contributed by atoms with Crippen molar-refractivity contribution in [1.82, 2.24) is 0 Å². The summed E-state index contributed by atoms with van der Waals surface area (Å²) in [7, 11) is -3.16. The van der Waals surface area contributed by atoms with Crippen molar-refractivity contribution < 1.29 is 8.42 Å². The number of rotatable bonds is 1. The van der Waals surface area contributed by atoms with Crippen LogP contribution in [0.4, 0.5) is 0 Å². The average molecular weight is 314 g/mol. The first-order chi connectivity index (χ1) is 5.43. The Kier molecular flexibility index (Phi) is 2.96. The molecule has 0 heterocycles. The Morgan fingerprint density at radius 2 is 1.58 bits per heavy atom. The SMILES string of the molecule is CS(=O)(=O)c1c(Br)cccc1Br. The van der Waals surface area contributed by atoms with Crippen LogP contribution in [0.1, 0.15) is 0 Å². The molecule has 0 radical (unpaired) electrons. The van der Waals surface area contributed by atoms with E-state index in [0.29, 0.717) is 13.8 Å². The Hall–Kier alpha value is 0.130. The van der Waals surface area contributed by atoms with Gasteiger partial charge >= 0.3 is 0 Å². The van der Waals surface area contributed by atoms with Crippen molar-refractivity contribution in [3.05, 3.63) is 27.1 Å². The van der Waals surface area contributed by atoms with Crippen LogP contribution < -0.4 is 0 Å². The summed E-state index contributed by atoms with van der Waals surface area (Å²) in [6, 6.07) is 5.16. The second-order valence-electron chi connectivity index (χ2n) is 2.32. The van der Waals surface area contributed by atoms with Gasteiger partial charge in [0.2, 0.25) is 0 Å². The van der Waals surface area contributed by atoms with Crippen molar-refractivity contribution >= 4 is 41.7 Å². The summed E-state index contributed by atoms with van der Waals surface area (Å²) in [6.07, 6.45) is 1.18. The maximum Gasteiger partial charge on any atom is 0.177 e. The zero-order chi connectivity index (χ0) is 9.35. The van der Waals surface area contributed by atoms with Gasteiger partial charge in [-0.1, -0.05) is 6.07 Å². The molecule has 0 saturated heterocycles. The summed E-state index contributed by atoms with van der Waals surface area (Å²) in [5.74, 6) is 0. The van der Waals surface area contributed by atoms with Crippen LogP contribution in [0.2, 0.25) is 0 Å². The standard InChI is InChI=1S/C7H6Br2O2S/c1-12(10,11)7-5(8)3-2-4-6(7)9/h2-4H,1H3. The van der Waals surface area contributed by atoms with E-state index in [-0.39, 0.29) is 0 Å². The number of halogens is 2. The number of hydrogen-bond donors (Lipinski definition) is 0. The fourth-order valence-electron chi connectivity index (χ4n) is 0.837. The minimum atomic E-state index is -3.16. The molecule has 0 N–H and O–H groups in total. The second-order valence-corrected chi connectivity index (χ2v) is 5.98. The highest BCUT2D eigenvalue weighted by atomic mass is 79.9. The smallest absolute Gasteiger partial charge is 0.177 e. The summed E-state index contributed by atoms with van der Waals surface area (Å²) in [6.45, 7) is 0. The van der Waals surface area contributed by atoms with Gasteiger partial charge in [-0.25, -0.2) is 8.42 Å². The molecule has 2 nitrogen and oxygen atoms in total. The monoisotopic (exact) mass is 312 g/mol. The molecule has 0 aliphatic heterocycles. The van der Waals surface area contributed by atoms with E-state index in [4.69, 9.17) is 0 Å². The molecule has 0 unspecified atom stereocenters. The van der Waals surface area contributed by atoms with Crippen LogP contribution in [0.3, 0.4) is 0 Å². The first-order valence-corrected chi connectivity index (χ1v) is 6.55. The quantitative estimate of drug-likeness (QED) is 0.798. The molecule has 5 heteroatoms. The van der Waals surface area contributed by atoms with Crippen molar-refractivity contribution in [3.8, 4) is 0 Å². The third-order valence-electron chi connectivity index (χ3n) is 1.29. The Balaban J connectivity index is 3.53. The topological polar surface area (TPSA) is 34.1 Å². The molecule has 0 aliphatic rings. The molecular formula is C7H6Br2O2S. The van der Waals surface area contributed by atoms with E-state index in [1.54, 1.807) is 18.2 Å². The Labute approximate surface area is 88.2 Å². The molecule has 0 bridgehead atoms. The van der Waals surface area contributed by atoms with Gasteiger partial charge in [-0.05, 0) is 44.0 Å². The maximum absolute atomic E-state index is 11.2. The van der Waals surface area contributed by atoms with Crippen LogP contribution in [0.15, 0.2) is 32.0 Å². The Bertz CT molecular complexity index is 378. The lowest BCUT2D eigenvalue weighted by Gasteiger charge is -2.03. The first kappa shape index (κ1) is 10.2. The third-order valence-corrected chi connectivity index (χ3v) is 4.32. The lowest BCUT2D eigenvalue weighted by molar-refractivity contribution is 0.601. The van der Waals surface area contributed by atoms with Crippen molar-refractivity contribution in [2.75, 3.05) is 6.26 Å². The van der Waals surface area contributed by atoms with Crippen molar-refractivity contribution in [2.24, 2.45) is 0 Å². The molecule has 12 heavy (non-hydrogen) atoms. The number of hydrogen-bond acceptors (Lipinski definition) is 2. The minimum Gasteiger partial charge on any atom is -0.224 e. The zero-order valence-electron chi connectivity index (χ0n) is 6.21. The first-order valence-electron chi connectivity index (χ1n) is 3.07. The maximum atomic E-state index is 11.2. The molecule has 66 valence electrons. The predicted octanol–water partition coefficient (Wildman–Crippen LogP) is 2.62. The van der Waals surface area contributed by atoms with Gasteiger partial charge in [0, 0.05) is 15.2 Å². The highest BCUT2D eigenvalue weighted by Gasteiger charge is 2.14.